The zero-order valence-electron chi connectivity index (χ0n) is 21.7. The summed E-state index contributed by atoms with van der Waals surface area (Å²) < 4.78 is 0. The fourth-order valence-electron chi connectivity index (χ4n) is 4.74. The van der Waals surface area contributed by atoms with Crippen molar-refractivity contribution in [3.05, 3.63) is 60.4 Å². The topological polar surface area (TPSA) is 111 Å². The number of guanidine groups is 1. The summed E-state index contributed by atoms with van der Waals surface area (Å²) in [6.45, 7) is 1.17. The van der Waals surface area contributed by atoms with Crippen LogP contribution >= 0.6 is 0 Å². The molecule has 1 aromatic heterocycles. The molecule has 3 N–H and O–H groups in total. The summed E-state index contributed by atoms with van der Waals surface area (Å²) in [5.41, 5.74) is 4.70. The van der Waals surface area contributed by atoms with E-state index in [-0.39, 0.29) is 11.8 Å². The number of carbonyl (C=O) groups is 1. The van der Waals surface area contributed by atoms with E-state index in [1.807, 2.05) is 36.5 Å². The molecule has 1 aliphatic rings. The highest BCUT2D eigenvalue weighted by Crippen LogP contribution is 2.26. The van der Waals surface area contributed by atoms with Crippen molar-refractivity contribution in [1.82, 2.24) is 15.8 Å². The van der Waals surface area contributed by atoms with Gasteiger partial charge in [0.2, 0.25) is 11.9 Å². The molecule has 8 heteroatoms. The normalized spacial score (nSPS) is 14.9. The molecule has 0 saturated heterocycles. The average Bonchev–Trinajstić information content (AvgIpc) is 2.94. The number of hydrogen-bond acceptors (Lipinski definition) is 5. The molecule has 37 heavy (non-hydrogen) atoms. The number of rotatable bonds is 14. The monoisotopic (exact) mass is 504 g/mol. The van der Waals surface area contributed by atoms with Crippen molar-refractivity contribution in [3.8, 4) is 6.19 Å². The minimum atomic E-state index is -0.134. The molecule has 0 aliphatic heterocycles. The summed E-state index contributed by atoms with van der Waals surface area (Å²) in [6, 6.07) is 13.8. The lowest BCUT2D eigenvalue weighted by molar-refractivity contribution is -0.138. The lowest BCUT2D eigenvalue weighted by atomic mass is 9.87. The maximum atomic E-state index is 12.9. The van der Waals surface area contributed by atoms with Gasteiger partial charge in [0.05, 0.1) is 6.61 Å². The van der Waals surface area contributed by atoms with Crippen LogP contribution in [0.2, 0.25) is 0 Å². The first-order valence-electron chi connectivity index (χ1n) is 13.6. The van der Waals surface area contributed by atoms with Crippen LogP contribution in [-0.4, -0.2) is 30.0 Å². The van der Waals surface area contributed by atoms with E-state index in [0.717, 1.165) is 49.3 Å². The second kappa shape index (κ2) is 17.1. The summed E-state index contributed by atoms with van der Waals surface area (Å²) >= 11 is 0. The number of hydroxylamine groups is 1. The number of nitrogens with zero attached hydrogens (tertiary/aromatic N) is 3. The molecule has 1 saturated carbocycles. The minimum Gasteiger partial charge on any atom is -0.325 e. The number of anilines is 1. The van der Waals surface area contributed by atoms with Crippen LogP contribution in [0.4, 0.5) is 5.69 Å². The number of unbranched alkanes of at least 4 members (excludes halogenated alkanes) is 2. The Balaban J connectivity index is 1.41. The number of amides is 1. The van der Waals surface area contributed by atoms with Crippen molar-refractivity contribution in [3.63, 3.8) is 0 Å². The van der Waals surface area contributed by atoms with E-state index in [9.17, 15) is 4.79 Å². The third kappa shape index (κ3) is 11.4. The number of aromatic nitrogens is 1. The van der Waals surface area contributed by atoms with E-state index in [4.69, 9.17) is 10.1 Å². The highest BCUT2D eigenvalue weighted by Gasteiger charge is 2.19. The molecule has 1 atom stereocenters. The second-order valence-corrected chi connectivity index (χ2v) is 9.67. The van der Waals surface area contributed by atoms with Gasteiger partial charge in [0.15, 0.2) is 6.19 Å². The number of hydrogen-bond donors (Lipinski definition) is 3. The Kier molecular flexibility index (Phi) is 13.0. The molecule has 8 nitrogen and oxygen atoms in total. The summed E-state index contributed by atoms with van der Waals surface area (Å²) in [5, 5.41) is 14.7. The molecule has 0 spiro atoms. The van der Waals surface area contributed by atoms with Crippen LogP contribution in [-0.2, 0) is 16.1 Å². The van der Waals surface area contributed by atoms with Gasteiger partial charge in [-0.2, -0.15) is 5.26 Å². The van der Waals surface area contributed by atoms with E-state index in [0.29, 0.717) is 25.5 Å². The summed E-state index contributed by atoms with van der Waals surface area (Å²) in [6.07, 6.45) is 17.1. The lowest BCUT2D eigenvalue weighted by Gasteiger charge is -2.21. The van der Waals surface area contributed by atoms with Gasteiger partial charge in [0.25, 0.3) is 0 Å². The maximum absolute atomic E-state index is 12.9. The molecule has 1 heterocycles. The van der Waals surface area contributed by atoms with Gasteiger partial charge in [-0.1, -0.05) is 75.3 Å². The van der Waals surface area contributed by atoms with Crippen molar-refractivity contribution in [2.75, 3.05) is 18.5 Å². The average molecular weight is 505 g/mol. The van der Waals surface area contributed by atoms with Gasteiger partial charge in [-0.25, -0.2) is 5.48 Å². The van der Waals surface area contributed by atoms with Gasteiger partial charge in [-0.05, 0) is 49.3 Å². The van der Waals surface area contributed by atoms with E-state index < -0.39 is 0 Å². The van der Waals surface area contributed by atoms with Gasteiger partial charge < -0.3 is 5.32 Å². The first kappa shape index (κ1) is 28.1. The van der Waals surface area contributed by atoms with Crippen molar-refractivity contribution in [1.29, 1.82) is 5.26 Å². The zero-order chi connectivity index (χ0) is 26.0. The Morgan fingerprint density at radius 1 is 1.08 bits per heavy atom. The van der Waals surface area contributed by atoms with Gasteiger partial charge in [0, 0.05) is 30.5 Å². The van der Waals surface area contributed by atoms with Gasteiger partial charge >= 0.3 is 0 Å². The third-order valence-electron chi connectivity index (χ3n) is 6.82. The highest BCUT2D eigenvalue weighted by molar-refractivity contribution is 5.94. The van der Waals surface area contributed by atoms with E-state index in [2.05, 4.69) is 38.2 Å². The molecule has 1 amide bonds. The number of benzene rings is 1. The van der Waals surface area contributed by atoms with Crippen molar-refractivity contribution in [2.24, 2.45) is 16.8 Å². The van der Waals surface area contributed by atoms with Crippen LogP contribution < -0.4 is 16.1 Å². The standard InChI is InChI=1S/C29H40N6O2/c30-23-33-29(34-27-15-19-31-20-16-27)32-18-9-3-8-14-26(22-25-12-6-2-7-13-25)28(36)35-37-21-17-24-10-4-1-5-11-24/h2,6-7,12-13,15-16,19-20,24,26H,1,3-5,8-11,14,17-18,21-22H2,(H,35,36)(H2,31,32,33,34)/t26-/m1/s1. The molecule has 2 aromatic rings. The molecule has 0 unspecified atom stereocenters. The third-order valence-corrected chi connectivity index (χ3v) is 6.82. The van der Waals surface area contributed by atoms with Crippen molar-refractivity contribution >= 4 is 17.6 Å². The van der Waals surface area contributed by atoms with Crippen molar-refractivity contribution < 1.29 is 9.63 Å². The van der Waals surface area contributed by atoms with Gasteiger partial charge in [0.1, 0.15) is 0 Å². The fourth-order valence-corrected chi connectivity index (χ4v) is 4.74. The predicted molar refractivity (Wildman–Crippen MR) is 146 cm³/mol. The summed E-state index contributed by atoms with van der Waals surface area (Å²) in [5.74, 6) is 0.981. The van der Waals surface area contributed by atoms with Crippen LogP contribution in [0.1, 0.15) is 69.8 Å². The number of nitrogens with one attached hydrogen (secondary N) is 3. The predicted octanol–water partition coefficient (Wildman–Crippen LogP) is 5.36. The van der Waals surface area contributed by atoms with Crippen LogP contribution in [0.3, 0.4) is 0 Å². The number of pyridine rings is 1. The Morgan fingerprint density at radius 3 is 2.62 bits per heavy atom. The van der Waals surface area contributed by atoms with E-state index >= 15 is 0 Å². The second-order valence-electron chi connectivity index (χ2n) is 9.67. The summed E-state index contributed by atoms with van der Waals surface area (Å²) in [4.78, 5) is 27.0. The number of carbonyl (C=O) groups excluding carboxylic acids is 1. The van der Waals surface area contributed by atoms with E-state index in [1.54, 1.807) is 12.4 Å². The Morgan fingerprint density at radius 2 is 1.86 bits per heavy atom. The first-order chi connectivity index (χ1) is 18.2. The smallest absolute Gasteiger partial charge is 0.246 e. The highest BCUT2D eigenvalue weighted by atomic mass is 16.6. The van der Waals surface area contributed by atoms with Crippen LogP contribution in [0, 0.1) is 23.3 Å². The van der Waals surface area contributed by atoms with Gasteiger partial charge in [-0.3, -0.25) is 24.9 Å². The molecule has 1 aliphatic carbocycles. The fraction of sp³-hybridized carbons (Fsp3) is 0.517. The number of nitriles is 1. The molecule has 198 valence electrons. The minimum absolute atomic E-state index is 0.0347. The zero-order valence-corrected chi connectivity index (χ0v) is 21.7. The number of aliphatic imine (C=N–C) groups is 1. The molecule has 1 fully saturated rings. The van der Waals surface area contributed by atoms with Gasteiger partial charge in [-0.15, -0.1) is 0 Å². The van der Waals surface area contributed by atoms with Crippen LogP contribution in [0.15, 0.2) is 59.9 Å². The molecular weight excluding hydrogens is 464 g/mol. The Labute approximate surface area is 220 Å². The van der Waals surface area contributed by atoms with Crippen molar-refractivity contribution in [2.45, 2.75) is 70.6 Å². The van der Waals surface area contributed by atoms with Crippen LogP contribution in [0.25, 0.3) is 0 Å². The van der Waals surface area contributed by atoms with E-state index in [1.165, 1.54) is 32.1 Å². The molecule has 0 bridgehead atoms. The summed E-state index contributed by atoms with van der Waals surface area (Å²) in [7, 11) is 0. The first-order valence-corrected chi connectivity index (χ1v) is 13.6. The lowest BCUT2D eigenvalue weighted by Crippen LogP contribution is -2.32. The Hall–Kier alpha value is -3.44. The molecule has 3 rings (SSSR count). The quantitative estimate of drug-likeness (QED) is 0.0798. The van der Waals surface area contributed by atoms with Crippen LogP contribution in [0.5, 0.6) is 0 Å². The Bertz CT molecular complexity index is 971. The SMILES string of the molecule is N#CNC(=NCCCCC[C@H](Cc1ccccc1)C(=O)NOCCC1CCCCC1)Nc1ccncc1. The molecule has 1 aromatic carbocycles. The molecular formula is C29H40N6O2. The maximum Gasteiger partial charge on any atom is 0.246 e. The largest absolute Gasteiger partial charge is 0.325 e. The molecule has 0 radical (unpaired) electrons.